The Labute approximate surface area is 136 Å². The maximum atomic E-state index is 12.8. The summed E-state index contributed by atoms with van der Waals surface area (Å²) in [5, 5.41) is 10.4. The van der Waals surface area contributed by atoms with Crippen LogP contribution in [0.15, 0.2) is 18.5 Å². The number of carbonyl (C=O) groups is 2. The molecular weight excluding hydrogens is 294 g/mol. The lowest BCUT2D eigenvalue weighted by atomic mass is 9.87. The molecule has 0 bridgehead atoms. The third-order valence-corrected chi connectivity index (χ3v) is 4.91. The SMILES string of the molecule is O=C(CNC(=O)C1(n2cccn2)CCNCC1)N1CCCCC1. The molecule has 0 atom stereocenters. The Bertz CT molecular complexity index is 531. The van der Waals surface area contributed by atoms with Gasteiger partial charge in [-0.25, -0.2) is 0 Å². The Kier molecular flexibility index (Phi) is 4.95. The number of carbonyl (C=O) groups excluding carboxylic acids is 2. The van der Waals surface area contributed by atoms with Crippen LogP contribution in [-0.4, -0.2) is 59.2 Å². The van der Waals surface area contributed by atoms with Crippen molar-refractivity contribution >= 4 is 11.8 Å². The zero-order valence-electron chi connectivity index (χ0n) is 13.5. The van der Waals surface area contributed by atoms with Crippen LogP contribution in [0.2, 0.25) is 0 Å². The molecule has 0 aliphatic carbocycles. The number of rotatable bonds is 4. The lowest BCUT2D eigenvalue weighted by Crippen LogP contribution is -2.56. The number of hydrogen-bond acceptors (Lipinski definition) is 4. The van der Waals surface area contributed by atoms with E-state index in [9.17, 15) is 9.59 Å². The average molecular weight is 319 g/mol. The lowest BCUT2D eigenvalue weighted by molar-refractivity contribution is -0.137. The van der Waals surface area contributed by atoms with Crippen molar-refractivity contribution in [2.45, 2.75) is 37.6 Å². The minimum absolute atomic E-state index is 0.0163. The molecule has 3 heterocycles. The molecule has 0 radical (unpaired) electrons. The summed E-state index contributed by atoms with van der Waals surface area (Å²) >= 11 is 0. The number of piperidine rings is 2. The molecule has 23 heavy (non-hydrogen) atoms. The number of likely N-dealkylation sites (tertiary alicyclic amines) is 1. The molecule has 1 aromatic rings. The largest absolute Gasteiger partial charge is 0.345 e. The van der Waals surface area contributed by atoms with Gasteiger partial charge in [0, 0.05) is 25.5 Å². The van der Waals surface area contributed by atoms with Crippen molar-refractivity contribution in [3.63, 3.8) is 0 Å². The summed E-state index contributed by atoms with van der Waals surface area (Å²) in [6.45, 7) is 3.24. The fourth-order valence-corrected chi connectivity index (χ4v) is 3.50. The van der Waals surface area contributed by atoms with Crippen LogP contribution in [0.5, 0.6) is 0 Å². The van der Waals surface area contributed by atoms with Crippen molar-refractivity contribution in [1.29, 1.82) is 0 Å². The van der Waals surface area contributed by atoms with Crippen LogP contribution in [0, 0.1) is 0 Å². The Morgan fingerprint density at radius 1 is 1.17 bits per heavy atom. The van der Waals surface area contributed by atoms with Gasteiger partial charge in [0.25, 0.3) is 0 Å². The van der Waals surface area contributed by atoms with E-state index in [2.05, 4.69) is 15.7 Å². The van der Waals surface area contributed by atoms with Gasteiger partial charge in [-0.15, -0.1) is 0 Å². The van der Waals surface area contributed by atoms with E-state index in [0.717, 1.165) is 39.0 Å². The summed E-state index contributed by atoms with van der Waals surface area (Å²) in [5.74, 6) is -0.0874. The van der Waals surface area contributed by atoms with Crippen molar-refractivity contribution in [1.82, 2.24) is 25.3 Å². The zero-order chi connectivity index (χ0) is 16.1. The fraction of sp³-hybridized carbons (Fsp3) is 0.688. The van der Waals surface area contributed by atoms with E-state index in [1.807, 2.05) is 17.2 Å². The number of aromatic nitrogens is 2. The summed E-state index contributed by atoms with van der Waals surface area (Å²) in [6.07, 6.45) is 8.18. The number of nitrogens with zero attached hydrogens (tertiary/aromatic N) is 3. The van der Waals surface area contributed by atoms with Crippen LogP contribution < -0.4 is 10.6 Å². The van der Waals surface area contributed by atoms with Gasteiger partial charge in [-0.1, -0.05) is 0 Å². The van der Waals surface area contributed by atoms with Crippen LogP contribution >= 0.6 is 0 Å². The molecule has 0 spiro atoms. The number of amides is 2. The first-order chi connectivity index (χ1) is 11.2. The molecule has 2 fully saturated rings. The highest BCUT2D eigenvalue weighted by atomic mass is 16.2. The van der Waals surface area contributed by atoms with Gasteiger partial charge in [0.05, 0.1) is 6.54 Å². The molecule has 0 unspecified atom stereocenters. The van der Waals surface area contributed by atoms with Crippen molar-refractivity contribution in [2.24, 2.45) is 0 Å². The number of hydrogen-bond donors (Lipinski definition) is 2. The second kappa shape index (κ2) is 7.12. The molecule has 2 amide bonds. The predicted molar refractivity (Wildman–Crippen MR) is 85.7 cm³/mol. The first kappa shape index (κ1) is 16.0. The lowest BCUT2D eigenvalue weighted by Gasteiger charge is -2.36. The molecule has 0 aromatic carbocycles. The second-order valence-corrected chi connectivity index (χ2v) is 6.36. The van der Waals surface area contributed by atoms with Gasteiger partial charge in [0.2, 0.25) is 11.8 Å². The van der Waals surface area contributed by atoms with Crippen LogP contribution in [0.25, 0.3) is 0 Å². The molecule has 1 aromatic heterocycles. The standard InChI is InChI=1S/C16H25N5O2/c22-14(20-10-2-1-3-11-20)13-18-15(23)16(5-8-17-9-6-16)21-12-4-7-19-21/h4,7,12,17H,1-3,5-6,8-11,13H2,(H,18,23). The molecule has 7 heteroatoms. The highest BCUT2D eigenvalue weighted by Crippen LogP contribution is 2.27. The molecule has 0 saturated carbocycles. The van der Waals surface area contributed by atoms with E-state index in [0.29, 0.717) is 12.8 Å². The average Bonchev–Trinajstić information content (AvgIpc) is 3.16. The quantitative estimate of drug-likeness (QED) is 0.824. The summed E-state index contributed by atoms with van der Waals surface area (Å²) < 4.78 is 1.74. The highest BCUT2D eigenvalue weighted by molar-refractivity contribution is 5.89. The van der Waals surface area contributed by atoms with Crippen molar-refractivity contribution < 1.29 is 9.59 Å². The number of nitrogens with one attached hydrogen (secondary N) is 2. The first-order valence-corrected chi connectivity index (χ1v) is 8.49. The topological polar surface area (TPSA) is 79.3 Å². The highest BCUT2D eigenvalue weighted by Gasteiger charge is 2.42. The Balaban J connectivity index is 1.63. The summed E-state index contributed by atoms with van der Waals surface area (Å²) in [4.78, 5) is 26.9. The molecular formula is C16H25N5O2. The van der Waals surface area contributed by atoms with Crippen molar-refractivity contribution in [3.8, 4) is 0 Å². The van der Waals surface area contributed by atoms with Crippen molar-refractivity contribution in [2.75, 3.05) is 32.7 Å². The van der Waals surface area contributed by atoms with Gasteiger partial charge in [-0.2, -0.15) is 5.10 Å². The minimum Gasteiger partial charge on any atom is -0.345 e. The summed E-state index contributed by atoms with van der Waals surface area (Å²) in [7, 11) is 0. The maximum absolute atomic E-state index is 12.8. The minimum atomic E-state index is -0.684. The molecule has 2 aliphatic heterocycles. The molecule has 2 N–H and O–H groups in total. The normalized spacial score (nSPS) is 21.0. The monoisotopic (exact) mass is 319 g/mol. The first-order valence-electron chi connectivity index (χ1n) is 8.49. The Morgan fingerprint density at radius 3 is 2.57 bits per heavy atom. The second-order valence-electron chi connectivity index (χ2n) is 6.36. The predicted octanol–water partition coefficient (Wildman–Crippen LogP) is 0.0905. The van der Waals surface area contributed by atoms with E-state index >= 15 is 0 Å². The van der Waals surface area contributed by atoms with E-state index in [4.69, 9.17) is 0 Å². The van der Waals surface area contributed by atoms with Crippen LogP contribution in [0.1, 0.15) is 32.1 Å². The maximum Gasteiger partial charge on any atom is 0.248 e. The third kappa shape index (κ3) is 3.39. The van der Waals surface area contributed by atoms with Gasteiger partial charge < -0.3 is 15.5 Å². The van der Waals surface area contributed by atoms with Crippen molar-refractivity contribution in [3.05, 3.63) is 18.5 Å². The molecule has 2 saturated heterocycles. The smallest absolute Gasteiger partial charge is 0.248 e. The van der Waals surface area contributed by atoms with Gasteiger partial charge in [0.1, 0.15) is 5.54 Å². The Hall–Kier alpha value is -1.89. The van der Waals surface area contributed by atoms with Gasteiger partial charge >= 0.3 is 0 Å². The van der Waals surface area contributed by atoms with Gasteiger partial charge in [0.15, 0.2) is 0 Å². The van der Waals surface area contributed by atoms with E-state index in [1.165, 1.54) is 6.42 Å². The zero-order valence-corrected chi connectivity index (χ0v) is 13.5. The van der Waals surface area contributed by atoms with Gasteiger partial charge in [-0.3, -0.25) is 14.3 Å². The fourth-order valence-electron chi connectivity index (χ4n) is 3.50. The third-order valence-electron chi connectivity index (χ3n) is 4.91. The summed E-state index contributed by atoms with van der Waals surface area (Å²) in [5.41, 5.74) is -0.684. The van der Waals surface area contributed by atoms with E-state index < -0.39 is 5.54 Å². The van der Waals surface area contributed by atoms with Crippen LogP contribution in [-0.2, 0) is 15.1 Å². The van der Waals surface area contributed by atoms with E-state index in [-0.39, 0.29) is 18.4 Å². The molecule has 126 valence electrons. The van der Waals surface area contributed by atoms with Gasteiger partial charge in [-0.05, 0) is 51.3 Å². The summed E-state index contributed by atoms with van der Waals surface area (Å²) in [6, 6.07) is 1.83. The van der Waals surface area contributed by atoms with Crippen LogP contribution in [0.4, 0.5) is 0 Å². The van der Waals surface area contributed by atoms with Crippen LogP contribution in [0.3, 0.4) is 0 Å². The molecule has 2 aliphatic rings. The molecule has 3 rings (SSSR count). The Morgan fingerprint density at radius 2 is 1.91 bits per heavy atom. The van der Waals surface area contributed by atoms with E-state index in [1.54, 1.807) is 10.9 Å². The molecule has 7 nitrogen and oxygen atoms in total.